The van der Waals surface area contributed by atoms with E-state index in [1.807, 2.05) is 35.7 Å². The summed E-state index contributed by atoms with van der Waals surface area (Å²) >= 11 is 1.62. The number of aromatic amines is 2. The van der Waals surface area contributed by atoms with Gasteiger partial charge in [0.1, 0.15) is 11.0 Å². The number of amides is 1. The number of nitrogens with one attached hydrogen (secondary N) is 3. The lowest BCUT2D eigenvalue weighted by Crippen LogP contribution is -2.09. The van der Waals surface area contributed by atoms with Crippen LogP contribution in [0.4, 0.5) is 5.69 Å². The lowest BCUT2D eigenvalue weighted by molar-refractivity contribution is -0.115. The van der Waals surface area contributed by atoms with Gasteiger partial charge in [-0.1, -0.05) is 6.92 Å². The van der Waals surface area contributed by atoms with Crippen molar-refractivity contribution in [1.29, 1.82) is 0 Å². The van der Waals surface area contributed by atoms with E-state index in [2.05, 4.69) is 35.8 Å². The number of thiophene rings is 1. The Bertz CT molecular complexity index is 1650. The molecule has 0 radical (unpaired) electrons. The van der Waals surface area contributed by atoms with Crippen molar-refractivity contribution >= 4 is 45.0 Å². The van der Waals surface area contributed by atoms with Gasteiger partial charge in [-0.15, -0.1) is 0 Å². The minimum Gasteiger partial charge on any atom is -0.336 e. The zero-order valence-electron chi connectivity index (χ0n) is 18.0. The van der Waals surface area contributed by atoms with Crippen LogP contribution in [0.3, 0.4) is 0 Å². The molecule has 166 valence electrons. The molecule has 9 nitrogen and oxygen atoms in total. The van der Waals surface area contributed by atoms with Crippen LogP contribution in [0.1, 0.15) is 13.3 Å². The van der Waals surface area contributed by atoms with Crippen molar-refractivity contribution in [3.05, 3.63) is 59.7 Å². The molecule has 0 aliphatic carbocycles. The lowest BCUT2D eigenvalue weighted by Gasteiger charge is -2.06. The quantitative estimate of drug-likeness (QED) is 0.327. The highest BCUT2D eigenvalue weighted by Gasteiger charge is 2.17. The van der Waals surface area contributed by atoms with Crippen LogP contribution in [0, 0.1) is 0 Å². The number of hydrogen-bond acceptors (Lipinski definition) is 7. The van der Waals surface area contributed by atoms with E-state index in [0.717, 1.165) is 33.4 Å². The molecule has 6 heterocycles. The van der Waals surface area contributed by atoms with Crippen molar-refractivity contribution in [3.8, 4) is 34.0 Å². The zero-order chi connectivity index (χ0) is 23.1. The molecule has 3 N–H and O–H groups in total. The average Bonchev–Trinajstić information content (AvgIpc) is 3.62. The molecule has 0 atom stereocenters. The number of imidazole rings is 1. The monoisotopic (exact) mass is 466 g/mol. The SMILES string of the molecule is CCC(=O)Nc1cncc(-c2ccc3[nH]nc(-c4nc5c(-c6ccsc6)nccc5[nH]4)c3n2)c1. The Morgan fingerprint density at radius 3 is 2.79 bits per heavy atom. The number of hydrogen-bond donors (Lipinski definition) is 3. The smallest absolute Gasteiger partial charge is 0.224 e. The van der Waals surface area contributed by atoms with Crippen LogP contribution in [-0.2, 0) is 4.79 Å². The third-order valence-electron chi connectivity index (χ3n) is 5.47. The number of rotatable bonds is 5. The number of carbonyl (C=O) groups is 1. The summed E-state index contributed by atoms with van der Waals surface area (Å²) in [6.45, 7) is 1.81. The summed E-state index contributed by atoms with van der Waals surface area (Å²) in [5, 5.41) is 14.4. The second kappa shape index (κ2) is 8.16. The molecule has 6 aromatic rings. The molecular formula is C24H18N8OS. The summed E-state index contributed by atoms with van der Waals surface area (Å²) in [5.41, 5.74) is 7.74. The molecule has 10 heteroatoms. The third-order valence-corrected chi connectivity index (χ3v) is 6.15. The molecule has 0 aliphatic rings. The first-order valence-electron chi connectivity index (χ1n) is 10.7. The van der Waals surface area contributed by atoms with Crippen molar-refractivity contribution in [1.82, 2.24) is 35.1 Å². The summed E-state index contributed by atoms with van der Waals surface area (Å²) in [6, 6.07) is 9.60. The Labute approximate surface area is 197 Å². The van der Waals surface area contributed by atoms with Gasteiger partial charge in [0.25, 0.3) is 0 Å². The number of H-pyrrole nitrogens is 2. The minimum atomic E-state index is -0.0688. The summed E-state index contributed by atoms with van der Waals surface area (Å²) < 4.78 is 0. The van der Waals surface area contributed by atoms with E-state index in [-0.39, 0.29) is 5.91 Å². The molecule has 1 amide bonds. The van der Waals surface area contributed by atoms with Crippen LogP contribution < -0.4 is 5.32 Å². The van der Waals surface area contributed by atoms with Gasteiger partial charge >= 0.3 is 0 Å². The Balaban J connectivity index is 1.43. The normalized spacial score (nSPS) is 11.3. The third kappa shape index (κ3) is 3.50. The fourth-order valence-corrected chi connectivity index (χ4v) is 4.42. The topological polar surface area (TPSA) is 125 Å². The number of carbonyl (C=O) groups excluding carboxylic acids is 1. The van der Waals surface area contributed by atoms with Crippen LogP contribution >= 0.6 is 11.3 Å². The molecule has 0 spiro atoms. The maximum atomic E-state index is 11.8. The number of fused-ring (bicyclic) bond motifs is 2. The van der Waals surface area contributed by atoms with Crippen molar-refractivity contribution in [3.63, 3.8) is 0 Å². The Hall–Kier alpha value is -4.44. The van der Waals surface area contributed by atoms with Gasteiger partial charge in [-0.3, -0.25) is 19.9 Å². The lowest BCUT2D eigenvalue weighted by atomic mass is 10.1. The molecule has 0 unspecified atom stereocenters. The highest BCUT2D eigenvalue weighted by Crippen LogP contribution is 2.31. The zero-order valence-corrected chi connectivity index (χ0v) is 18.8. The summed E-state index contributed by atoms with van der Waals surface area (Å²) in [4.78, 5) is 33.6. The molecule has 34 heavy (non-hydrogen) atoms. The van der Waals surface area contributed by atoms with Crippen molar-refractivity contribution in [2.75, 3.05) is 5.32 Å². The van der Waals surface area contributed by atoms with E-state index < -0.39 is 0 Å². The Morgan fingerprint density at radius 2 is 1.94 bits per heavy atom. The summed E-state index contributed by atoms with van der Waals surface area (Å²) in [6.07, 6.45) is 5.50. The molecule has 0 aliphatic heterocycles. The predicted octanol–water partition coefficient (Wildman–Crippen LogP) is 5.04. The molecule has 0 fully saturated rings. The van der Waals surface area contributed by atoms with E-state index in [1.165, 1.54) is 0 Å². The molecule has 0 bridgehead atoms. The Kier molecular flexibility index (Phi) is 4.84. The minimum absolute atomic E-state index is 0.0688. The predicted molar refractivity (Wildman–Crippen MR) is 132 cm³/mol. The second-order valence-corrected chi connectivity index (χ2v) is 8.46. The van der Waals surface area contributed by atoms with Crippen LogP contribution in [0.2, 0.25) is 0 Å². The van der Waals surface area contributed by atoms with Crippen molar-refractivity contribution in [2.24, 2.45) is 0 Å². The first-order valence-corrected chi connectivity index (χ1v) is 11.6. The van der Waals surface area contributed by atoms with Gasteiger partial charge in [0.15, 0.2) is 11.5 Å². The van der Waals surface area contributed by atoms with Crippen molar-refractivity contribution in [2.45, 2.75) is 13.3 Å². The van der Waals surface area contributed by atoms with Gasteiger partial charge in [0, 0.05) is 35.3 Å². The second-order valence-electron chi connectivity index (χ2n) is 7.68. The molecule has 6 rings (SSSR count). The Morgan fingerprint density at radius 1 is 1.03 bits per heavy atom. The molecule has 0 saturated carbocycles. The van der Waals surface area contributed by atoms with E-state index in [9.17, 15) is 4.79 Å². The fraction of sp³-hybridized carbons (Fsp3) is 0.0833. The van der Waals surface area contributed by atoms with Crippen LogP contribution in [0.15, 0.2) is 59.7 Å². The highest BCUT2D eigenvalue weighted by atomic mass is 32.1. The average molecular weight is 467 g/mol. The first-order chi connectivity index (χ1) is 16.7. The van der Waals surface area contributed by atoms with Gasteiger partial charge in [0.05, 0.1) is 34.3 Å². The molecule has 6 aromatic heterocycles. The summed E-state index contributed by atoms with van der Waals surface area (Å²) in [7, 11) is 0. The van der Waals surface area contributed by atoms with Crippen molar-refractivity contribution < 1.29 is 4.79 Å². The van der Waals surface area contributed by atoms with Gasteiger partial charge in [-0.25, -0.2) is 9.97 Å². The van der Waals surface area contributed by atoms with Gasteiger partial charge < -0.3 is 10.3 Å². The summed E-state index contributed by atoms with van der Waals surface area (Å²) in [5.74, 6) is 0.540. The van der Waals surface area contributed by atoms with Crippen LogP contribution in [-0.4, -0.2) is 41.0 Å². The fourth-order valence-electron chi connectivity index (χ4n) is 3.78. The van der Waals surface area contributed by atoms with E-state index in [0.29, 0.717) is 34.8 Å². The molecular weight excluding hydrogens is 448 g/mol. The highest BCUT2D eigenvalue weighted by molar-refractivity contribution is 7.08. The maximum absolute atomic E-state index is 11.8. The number of pyridine rings is 3. The van der Waals surface area contributed by atoms with Gasteiger partial charge in [-0.05, 0) is 35.7 Å². The van der Waals surface area contributed by atoms with E-state index >= 15 is 0 Å². The van der Waals surface area contributed by atoms with Crippen LogP contribution in [0.25, 0.3) is 56.1 Å². The van der Waals surface area contributed by atoms with Crippen LogP contribution in [0.5, 0.6) is 0 Å². The standard InChI is InChI=1S/C24H18N8OS/c1-2-19(33)27-15-9-14(10-25-11-15)16-3-4-18-22(28-16)23(32-31-18)24-29-17-5-7-26-20(21(17)30-24)13-6-8-34-12-13/h3-12H,2H2,1H3,(H,27,33)(H,29,30)(H,31,32). The van der Waals surface area contributed by atoms with Gasteiger partial charge in [0.2, 0.25) is 5.91 Å². The number of aromatic nitrogens is 7. The maximum Gasteiger partial charge on any atom is 0.224 e. The largest absolute Gasteiger partial charge is 0.336 e. The van der Waals surface area contributed by atoms with Gasteiger partial charge in [-0.2, -0.15) is 16.4 Å². The first kappa shape index (κ1) is 20.2. The number of anilines is 1. The number of nitrogens with zero attached hydrogens (tertiary/aromatic N) is 5. The van der Waals surface area contributed by atoms with E-state index in [1.54, 1.807) is 36.9 Å². The molecule has 0 aromatic carbocycles. The van der Waals surface area contributed by atoms with E-state index in [4.69, 9.17) is 9.97 Å². The molecule has 0 saturated heterocycles.